The molecule has 5 nitrogen and oxygen atoms in total. The van der Waals surface area contributed by atoms with Gasteiger partial charge in [0.2, 0.25) is 5.43 Å². The molecule has 0 bridgehead atoms. The minimum atomic E-state index is -1.36. The van der Waals surface area contributed by atoms with E-state index in [-0.39, 0.29) is 11.4 Å². The molecule has 0 fully saturated rings. The second-order valence-corrected chi connectivity index (χ2v) is 6.61. The van der Waals surface area contributed by atoms with E-state index in [2.05, 4.69) is 0 Å². The molecule has 2 aromatic carbocycles. The van der Waals surface area contributed by atoms with Gasteiger partial charge in [-0.15, -0.1) is 0 Å². The molecule has 0 atom stereocenters. The van der Waals surface area contributed by atoms with Crippen molar-refractivity contribution in [2.45, 2.75) is 25.6 Å². The third kappa shape index (κ3) is 3.78. The van der Waals surface area contributed by atoms with E-state index in [0.29, 0.717) is 0 Å². The van der Waals surface area contributed by atoms with Gasteiger partial charge in [0.15, 0.2) is 5.75 Å². The average molecular weight is 351 g/mol. The van der Waals surface area contributed by atoms with Crippen molar-refractivity contribution in [2.24, 2.45) is 0 Å². The molecular weight excluding hydrogens is 330 g/mol. The van der Waals surface area contributed by atoms with Crippen molar-refractivity contribution in [3.8, 4) is 5.75 Å². The first-order chi connectivity index (χ1) is 12.4. The predicted molar refractivity (Wildman–Crippen MR) is 98.5 cm³/mol. The van der Waals surface area contributed by atoms with Crippen LogP contribution in [0.15, 0.2) is 77.7 Å². The number of benzene rings is 2. The van der Waals surface area contributed by atoms with Gasteiger partial charge >= 0.3 is 0 Å². The van der Waals surface area contributed by atoms with Crippen LogP contribution in [0.2, 0.25) is 0 Å². The number of ether oxygens (including phenoxy) is 1. The van der Waals surface area contributed by atoms with Gasteiger partial charge in [-0.2, -0.15) is 4.73 Å². The summed E-state index contributed by atoms with van der Waals surface area (Å²) in [4.78, 5) is 12.5. The molecule has 3 rings (SSSR count). The van der Waals surface area contributed by atoms with Gasteiger partial charge < -0.3 is 15.1 Å². The first-order valence-electron chi connectivity index (χ1n) is 8.31. The second-order valence-electron chi connectivity index (χ2n) is 6.61. The van der Waals surface area contributed by atoms with Gasteiger partial charge in [0.1, 0.15) is 11.7 Å². The van der Waals surface area contributed by atoms with Crippen LogP contribution in [0, 0.1) is 0 Å². The maximum atomic E-state index is 12.5. The summed E-state index contributed by atoms with van der Waals surface area (Å²) in [6.07, 6.45) is 0.687. The van der Waals surface area contributed by atoms with Crippen molar-refractivity contribution in [3.63, 3.8) is 0 Å². The third-order valence-corrected chi connectivity index (χ3v) is 4.07. The standard InChI is InChI=1S/C21H21NO4/c1-21(2,24)19-13-17(23)18(14-22(19)25)26-20(15-9-5-3-6-10-15)16-11-7-4-8-12-16/h3-14,20,24-25H,1-2H3. The van der Waals surface area contributed by atoms with Crippen molar-refractivity contribution in [1.29, 1.82) is 0 Å². The average Bonchev–Trinajstić information content (AvgIpc) is 2.62. The van der Waals surface area contributed by atoms with Gasteiger partial charge in [0.25, 0.3) is 0 Å². The summed E-state index contributed by atoms with van der Waals surface area (Å²) in [6.45, 7) is 2.98. The second kappa shape index (κ2) is 7.06. The molecule has 1 heterocycles. The lowest BCUT2D eigenvalue weighted by Gasteiger charge is -2.23. The maximum absolute atomic E-state index is 12.5. The van der Waals surface area contributed by atoms with Crippen LogP contribution in [-0.2, 0) is 5.60 Å². The van der Waals surface area contributed by atoms with Crippen molar-refractivity contribution >= 4 is 0 Å². The summed E-state index contributed by atoms with van der Waals surface area (Å²) in [7, 11) is 0. The van der Waals surface area contributed by atoms with Crippen molar-refractivity contribution in [1.82, 2.24) is 4.73 Å². The van der Waals surface area contributed by atoms with Gasteiger partial charge in [-0.25, -0.2) is 0 Å². The number of hydrogen-bond acceptors (Lipinski definition) is 4. The summed E-state index contributed by atoms with van der Waals surface area (Å²) in [6, 6.07) is 20.3. The summed E-state index contributed by atoms with van der Waals surface area (Å²) in [5.74, 6) is -0.00166. The molecule has 0 unspecified atom stereocenters. The monoisotopic (exact) mass is 351 g/mol. The van der Waals surface area contributed by atoms with Gasteiger partial charge in [0.05, 0.1) is 11.9 Å². The molecule has 0 aliphatic rings. The summed E-state index contributed by atoms with van der Waals surface area (Å²) in [5, 5.41) is 20.2. The Labute approximate surface area is 151 Å². The normalized spacial score (nSPS) is 11.5. The molecule has 1 aromatic heterocycles. The Hall–Kier alpha value is -3.05. The Morgan fingerprint density at radius 2 is 1.46 bits per heavy atom. The Bertz CT molecular complexity index is 888. The molecule has 134 valence electrons. The highest BCUT2D eigenvalue weighted by Crippen LogP contribution is 2.27. The van der Waals surface area contributed by atoms with E-state index < -0.39 is 17.1 Å². The van der Waals surface area contributed by atoms with Crippen LogP contribution >= 0.6 is 0 Å². The van der Waals surface area contributed by atoms with Gasteiger partial charge in [0, 0.05) is 6.07 Å². The van der Waals surface area contributed by atoms with Crippen LogP contribution in [0.5, 0.6) is 5.75 Å². The molecule has 0 spiro atoms. The molecule has 26 heavy (non-hydrogen) atoms. The Morgan fingerprint density at radius 1 is 0.962 bits per heavy atom. The van der Waals surface area contributed by atoms with Crippen LogP contribution in [0.3, 0.4) is 0 Å². The van der Waals surface area contributed by atoms with E-state index in [4.69, 9.17) is 4.74 Å². The Kier molecular flexibility index (Phi) is 4.82. The lowest BCUT2D eigenvalue weighted by Crippen LogP contribution is -2.26. The largest absolute Gasteiger partial charge is 0.475 e. The van der Waals surface area contributed by atoms with Crippen molar-refractivity contribution < 1.29 is 15.1 Å². The minimum absolute atomic E-state index is 0.00166. The number of pyridine rings is 1. The Balaban J connectivity index is 2.03. The highest BCUT2D eigenvalue weighted by molar-refractivity contribution is 5.33. The topological polar surface area (TPSA) is 71.7 Å². The minimum Gasteiger partial charge on any atom is -0.475 e. The van der Waals surface area contributed by atoms with E-state index >= 15 is 0 Å². The van der Waals surface area contributed by atoms with Gasteiger partial charge in [-0.3, -0.25) is 4.79 Å². The van der Waals surface area contributed by atoms with Crippen molar-refractivity contribution in [2.75, 3.05) is 0 Å². The quantitative estimate of drug-likeness (QED) is 0.691. The Morgan fingerprint density at radius 3 is 1.92 bits per heavy atom. The van der Waals surface area contributed by atoms with E-state index in [1.165, 1.54) is 26.1 Å². The molecule has 2 N–H and O–H groups in total. The number of aliphatic hydroxyl groups is 1. The highest BCUT2D eigenvalue weighted by atomic mass is 16.5. The number of rotatable bonds is 5. The van der Waals surface area contributed by atoms with Crippen LogP contribution in [0.25, 0.3) is 0 Å². The van der Waals surface area contributed by atoms with E-state index in [1.807, 2.05) is 60.7 Å². The zero-order chi connectivity index (χ0) is 18.7. The molecule has 3 aromatic rings. The SMILES string of the molecule is CC(C)(O)c1cc(=O)c(OC(c2ccccc2)c2ccccc2)cn1O. The van der Waals surface area contributed by atoms with Gasteiger partial charge in [-0.05, 0) is 25.0 Å². The fourth-order valence-electron chi connectivity index (χ4n) is 2.76. The van der Waals surface area contributed by atoms with E-state index in [0.717, 1.165) is 15.9 Å². The molecule has 0 radical (unpaired) electrons. The lowest BCUT2D eigenvalue weighted by atomic mass is 10.0. The summed E-state index contributed by atoms with van der Waals surface area (Å²) >= 11 is 0. The zero-order valence-corrected chi connectivity index (χ0v) is 14.7. The molecule has 0 amide bonds. The lowest BCUT2D eigenvalue weighted by molar-refractivity contribution is 0.0411. The first-order valence-corrected chi connectivity index (χ1v) is 8.31. The molecule has 0 aliphatic heterocycles. The molecular formula is C21H21NO4. The van der Waals surface area contributed by atoms with E-state index in [9.17, 15) is 15.1 Å². The first kappa shape index (κ1) is 17.8. The summed E-state index contributed by atoms with van der Waals surface area (Å²) in [5.41, 5.74) is 0.0865. The smallest absolute Gasteiger partial charge is 0.224 e. The molecule has 0 aliphatic carbocycles. The molecule has 0 saturated heterocycles. The fraction of sp³-hybridized carbons (Fsp3) is 0.190. The van der Waals surface area contributed by atoms with Crippen molar-refractivity contribution in [3.05, 3.63) is 100.0 Å². The van der Waals surface area contributed by atoms with E-state index in [1.54, 1.807) is 0 Å². The number of hydrogen-bond donors (Lipinski definition) is 2. The highest BCUT2D eigenvalue weighted by Gasteiger charge is 2.24. The van der Waals surface area contributed by atoms with Crippen LogP contribution < -0.4 is 10.2 Å². The molecule has 0 saturated carbocycles. The van der Waals surface area contributed by atoms with Crippen LogP contribution in [0.1, 0.15) is 36.8 Å². The third-order valence-electron chi connectivity index (χ3n) is 4.07. The number of aromatic nitrogens is 1. The molecule has 5 heteroatoms. The predicted octanol–water partition coefficient (Wildman–Crippen LogP) is 3.48. The maximum Gasteiger partial charge on any atom is 0.224 e. The van der Waals surface area contributed by atoms with Crippen LogP contribution in [0.4, 0.5) is 0 Å². The van der Waals surface area contributed by atoms with Gasteiger partial charge in [-0.1, -0.05) is 60.7 Å². The zero-order valence-electron chi connectivity index (χ0n) is 14.7. The van der Waals surface area contributed by atoms with Crippen LogP contribution in [-0.4, -0.2) is 15.0 Å². The summed E-state index contributed by atoms with van der Waals surface area (Å²) < 4.78 is 6.72. The fourth-order valence-corrected chi connectivity index (χ4v) is 2.76. The number of nitrogens with zero attached hydrogens (tertiary/aromatic N) is 1.